The lowest BCUT2D eigenvalue weighted by atomic mass is 10.1. The van der Waals surface area contributed by atoms with Crippen molar-refractivity contribution in [1.82, 2.24) is 20.1 Å². The molecule has 0 saturated heterocycles. The van der Waals surface area contributed by atoms with E-state index in [9.17, 15) is 9.59 Å². The molecule has 9 heteroatoms. The van der Waals surface area contributed by atoms with Crippen LogP contribution in [0.2, 0.25) is 0 Å². The second kappa shape index (κ2) is 11.5. The highest BCUT2D eigenvalue weighted by Crippen LogP contribution is 2.26. The van der Waals surface area contributed by atoms with Crippen LogP contribution in [0.15, 0.2) is 47.6 Å². The Labute approximate surface area is 198 Å². The van der Waals surface area contributed by atoms with Crippen LogP contribution >= 0.6 is 11.8 Å². The summed E-state index contributed by atoms with van der Waals surface area (Å²) < 4.78 is 7.24. The Morgan fingerprint density at radius 1 is 1.09 bits per heavy atom. The second-order valence-corrected chi connectivity index (χ2v) is 8.52. The highest BCUT2D eigenvalue weighted by molar-refractivity contribution is 7.99. The molecule has 174 valence electrons. The van der Waals surface area contributed by atoms with Crippen LogP contribution < -0.4 is 15.4 Å². The van der Waals surface area contributed by atoms with Crippen molar-refractivity contribution in [2.45, 2.75) is 45.3 Å². The zero-order chi connectivity index (χ0) is 23.8. The first-order valence-corrected chi connectivity index (χ1v) is 11.8. The third-order valence-corrected chi connectivity index (χ3v) is 6.21. The van der Waals surface area contributed by atoms with Crippen LogP contribution in [0.3, 0.4) is 0 Å². The smallest absolute Gasteiger partial charge is 0.325 e. The molecular weight excluding hydrogens is 438 g/mol. The molecule has 0 aliphatic heterocycles. The summed E-state index contributed by atoms with van der Waals surface area (Å²) >= 11 is 1.26. The molecule has 0 spiro atoms. The number of hydrogen-bond donors (Lipinski definition) is 2. The number of amides is 3. The van der Waals surface area contributed by atoms with E-state index in [1.165, 1.54) is 11.8 Å². The van der Waals surface area contributed by atoms with Gasteiger partial charge in [-0.2, -0.15) is 0 Å². The maximum Gasteiger partial charge on any atom is 0.325 e. The van der Waals surface area contributed by atoms with Gasteiger partial charge in [-0.25, -0.2) is 4.79 Å². The van der Waals surface area contributed by atoms with Crippen LogP contribution in [0.4, 0.5) is 10.5 Å². The van der Waals surface area contributed by atoms with E-state index >= 15 is 0 Å². The first-order valence-electron chi connectivity index (χ1n) is 10.8. The zero-order valence-corrected chi connectivity index (χ0v) is 20.2. The first-order chi connectivity index (χ1) is 15.9. The van der Waals surface area contributed by atoms with Crippen molar-refractivity contribution in [3.63, 3.8) is 0 Å². The van der Waals surface area contributed by atoms with Crippen molar-refractivity contribution in [2.24, 2.45) is 0 Å². The van der Waals surface area contributed by atoms with E-state index in [0.29, 0.717) is 10.8 Å². The number of aromatic nitrogens is 3. The lowest BCUT2D eigenvalue weighted by Crippen LogP contribution is -2.35. The van der Waals surface area contributed by atoms with Gasteiger partial charge in [0.25, 0.3) is 0 Å². The number of anilines is 1. The molecule has 0 aliphatic carbocycles. The molecule has 0 saturated carbocycles. The fourth-order valence-corrected chi connectivity index (χ4v) is 3.96. The van der Waals surface area contributed by atoms with Gasteiger partial charge in [0.05, 0.1) is 12.9 Å². The Balaban J connectivity index is 1.64. The van der Waals surface area contributed by atoms with Gasteiger partial charge in [-0.05, 0) is 61.7 Å². The van der Waals surface area contributed by atoms with Crippen molar-refractivity contribution >= 4 is 29.4 Å². The largest absolute Gasteiger partial charge is 0.497 e. The van der Waals surface area contributed by atoms with Gasteiger partial charge in [0.1, 0.15) is 5.75 Å². The minimum Gasteiger partial charge on any atom is -0.497 e. The highest BCUT2D eigenvalue weighted by atomic mass is 32.2. The van der Waals surface area contributed by atoms with Crippen molar-refractivity contribution in [3.8, 4) is 17.1 Å². The third-order valence-electron chi connectivity index (χ3n) is 5.24. The summed E-state index contributed by atoms with van der Waals surface area (Å²) in [5, 5.41) is 14.4. The number of methoxy groups -OCH3 is 1. The number of unbranched alkanes of at least 4 members (excludes halogenated alkanes) is 1. The van der Waals surface area contributed by atoms with Gasteiger partial charge < -0.3 is 14.6 Å². The summed E-state index contributed by atoms with van der Waals surface area (Å²) in [7, 11) is 1.63. The number of carbonyl (C=O) groups is 2. The summed E-state index contributed by atoms with van der Waals surface area (Å²) in [6.07, 6.45) is 1.97. The van der Waals surface area contributed by atoms with Gasteiger partial charge in [-0.15, -0.1) is 10.2 Å². The highest BCUT2D eigenvalue weighted by Gasteiger charge is 2.17. The quantitative estimate of drug-likeness (QED) is 0.438. The van der Waals surface area contributed by atoms with Crippen molar-refractivity contribution in [3.05, 3.63) is 53.6 Å². The maximum atomic E-state index is 12.4. The fraction of sp³-hybridized carbons (Fsp3) is 0.333. The van der Waals surface area contributed by atoms with Crippen molar-refractivity contribution < 1.29 is 14.3 Å². The first kappa shape index (κ1) is 24.3. The van der Waals surface area contributed by atoms with Crippen molar-refractivity contribution in [1.29, 1.82) is 0 Å². The molecule has 3 rings (SSSR count). The van der Waals surface area contributed by atoms with E-state index in [4.69, 9.17) is 4.74 Å². The molecule has 3 aromatic rings. The van der Waals surface area contributed by atoms with E-state index in [-0.39, 0.29) is 5.75 Å². The van der Waals surface area contributed by atoms with Crippen LogP contribution in [0, 0.1) is 13.8 Å². The number of thioether (sulfide) groups is 1. The predicted octanol–water partition coefficient (Wildman–Crippen LogP) is 4.81. The normalized spacial score (nSPS) is 10.7. The zero-order valence-electron chi connectivity index (χ0n) is 19.3. The molecule has 0 aliphatic rings. The summed E-state index contributed by atoms with van der Waals surface area (Å²) in [4.78, 5) is 24.6. The van der Waals surface area contributed by atoms with Crippen LogP contribution in [-0.2, 0) is 11.3 Å². The molecule has 0 fully saturated rings. The van der Waals surface area contributed by atoms with E-state index in [0.717, 1.165) is 47.7 Å². The molecule has 0 atom stereocenters. The third kappa shape index (κ3) is 6.35. The van der Waals surface area contributed by atoms with Gasteiger partial charge in [0.2, 0.25) is 5.91 Å². The summed E-state index contributed by atoms with van der Waals surface area (Å²) in [5.74, 6) is 1.15. The molecule has 2 N–H and O–H groups in total. The number of rotatable bonds is 9. The molecule has 2 aromatic carbocycles. The Morgan fingerprint density at radius 2 is 1.85 bits per heavy atom. The molecule has 33 heavy (non-hydrogen) atoms. The van der Waals surface area contributed by atoms with E-state index < -0.39 is 11.9 Å². The Morgan fingerprint density at radius 3 is 2.55 bits per heavy atom. The van der Waals surface area contributed by atoms with Gasteiger partial charge in [0, 0.05) is 17.8 Å². The Hall–Kier alpha value is -3.33. The van der Waals surface area contributed by atoms with Crippen LogP contribution in [-0.4, -0.2) is 39.6 Å². The number of nitrogens with one attached hydrogen (secondary N) is 2. The van der Waals surface area contributed by atoms with Crippen LogP contribution in [0.1, 0.15) is 30.9 Å². The molecular formula is C24H29N5O3S. The van der Waals surface area contributed by atoms with Crippen molar-refractivity contribution in [2.75, 3.05) is 18.2 Å². The lowest BCUT2D eigenvalue weighted by molar-refractivity contribution is -0.117. The lowest BCUT2D eigenvalue weighted by Gasteiger charge is -2.11. The molecule has 0 unspecified atom stereocenters. The SMILES string of the molecule is CCCCn1c(SCC(=O)NC(=O)Nc2cccc(C)c2C)nnc1-c1ccc(OC)cc1. The number of nitrogens with zero attached hydrogens (tertiary/aromatic N) is 3. The van der Waals surface area contributed by atoms with Crippen LogP contribution in [0.25, 0.3) is 11.4 Å². The topological polar surface area (TPSA) is 98.1 Å². The number of benzene rings is 2. The number of aryl methyl sites for hydroxylation is 1. The van der Waals surface area contributed by atoms with E-state index in [2.05, 4.69) is 27.8 Å². The van der Waals surface area contributed by atoms with E-state index in [1.54, 1.807) is 13.2 Å². The molecule has 0 bridgehead atoms. The number of ether oxygens (including phenoxy) is 1. The van der Waals surface area contributed by atoms with Gasteiger partial charge in [-0.1, -0.05) is 37.2 Å². The summed E-state index contributed by atoms with van der Waals surface area (Å²) in [6, 6.07) is 12.7. The van der Waals surface area contributed by atoms with Crippen LogP contribution in [0.5, 0.6) is 5.75 Å². The second-order valence-electron chi connectivity index (χ2n) is 7.58. The maximum absolute atomic E-state index is 12.4. The number of urea groups is 1. The average molecular weight is 468 g/mol. The number of hydrogen-bond acceptors (Lipinski definition) is 6. The minimum absolute atomic E-state index is 0.0487. The van der Waals surface area contributed by atoms with Gasteiger partial charge in [0.15, 0.2) is 11.0 Å². The fourth-order valence-electron chi connectivity index (χ4n) is 3.20. The standard InChI is InChI=1S/C24H29N5O3S/c1-5-6-14-29-22(18-10-12-19(32-4)13-11-18)27-28-24(29)33-15-21(30)26-23(31)25-20-9-7-8-16(2)17(20)3/h7-13H,5-6,14-15H2,1-4H3,(H2,25,26,30,31). The van der Waals surface area contributed by atoms with Gasteiger partial charge >= 0.3 is 6.03 Å². The summed E-state index contributed by atoms with van der Waals surface area (Å²) in [5.41, 5.74) is 3.62. The average Bonchev–Trinajstić information content (AvgIpc) is 3.22. The molecule has 0 radical (unpaired) electrons. The number of imide groups is 1. The molecule has 3 amide bonds. The Bertz CT molecular complexity index is 1110. The Kier molecular flexibility index (Phi) is 8.48. The molecule has 1 aromatic heterocycles. The summed E-state index contributed by atoms with van der Waals surface area (Å²) in [6.45, 7) is 6.75. The predicted molar refractivity (Wildman–Crippen MR) is 131 cm³/mol. The molecule has 1 heterocycles. The van der Waals surface area contributed by atoms with Gasteiger partial charge in [-0.3, -0.25) is 10.1 Å². The van der Waals surface area contributed by atoms with E-state index in [1.807, 2.05) is 54.8 Å². The number of carbonyl (C=O) groups excluding carboxylic acids is 2. The molecule has 8 nitrogen and oxygen atoms in total. The minimum atomic E-state index is -0.555. The monoisotopic (exact) mass is 467 g/mol.